The molecule has 0 radical (unpaired) electrons. The van der Waals surface area contributed by atoms with Gasteiger partial charge in [-0.15, -0.1) is 0 Å². The summed E-state index contributed by atoms with van der Waals surface area (Å²) in [6, 6.07) is 0.318. The molecule has 0 saturated carbocycles. The quantitative estimate of drug-likeness (QED) is 0.929. The van der Waals surface area contributed by atoms with Crippen LogP contribution in [0.1, 0.15) is 51.4 Å². The number of hydrogen-bond donors (Lipinski definition) is 1. The first-order chi connectivity index (χ1) is 10.2. The highest BCUT2D eigenvalue weighted by Gasteiger charge is 2.26. The maximum atomic E-state index is 12.4. The molecule has 1 saturated heterocycles. The minimum absolute atomic E-state index is 0.00269. The second kappa shape index (κ2) is 6.52. The Balaban J connectivity index is 2.04. The lowest BCUT2D eigenvalue weighted by Crippen LogP contribution is -2.44. The predicted octanol–water partition coefficient (Wildman–Crippen LogP) is 3.15. The van der Waals surface area contributed by atoms with Gasteiger partial charge in [0.15, 0.2) is 0 Å². The van der Waals surface area contributed by atoms with Crippen LogP contribution in [0, 0.1) is 6.92 Å². The Morgan fingerprint density at radius 1 is 1.55 bits per heavy atom. The molecule has 124 valence electrons. The number of carbonyl (C=O) groups excluding carboxylic acids is 1. The predicted molar refractivity (Wildman–Crippen MR) is 92.4 cm³/mol. The highest BCUT2D eigenvalue weighted by Crippen LogP contribution is 2.23. The van der Waals surface area contributed by atoms with E-state index in [0.717, 1.165) is 29.2 Å². The van der Waals surface area contributed by atoms with Crippen molar-refractivity contribution in [2.45, 2.75) is 58.7 Å². The van der Waals surface area contributed by atoms with E-state index in [0.29, 0.717) is 6.04 Å². The molecule has 0 bridgehead atoms. The molecule has 1 aromatic rings. The lowest BCUT2D eigenvalue weighted by molar-refractivity contribution is 0.192. The average Bonchev–Trinajstić information content (AvgIpc) is 3.05. The second-order valence-corrected chi connectivity index (χ2v) is 8.23. The van der Waals surface area contributed by atoms with Gasteiger partial charge in [0, 0.05) is 30.6 Å². The Kier molecular flexibility index (Phi) is 5.10. The third kappa shape index (κ3) is 3.77. The summed E-state index contributed by atoms with van der Waals surface area (Å²) in [5, 5.41) is 7.68. The van der Waals surface area contributed by atoms with Crippen LogP contribution in [-0.4, -0.2) is 45.3 Å². The highest BCUT2D eigenvalue weighted by atomic mass is 32.2. The molecule has 6 heteroatoms. The minimum Gasteiger partial charge on any atom is -0.331 e. The van der Waals surface area contributed by atoms with Crippen molar-refractivity contribution in [1.29, 1.82) is 0 Å². The molecule has 1 N–H and O–H groups in total. The van der Waals surface area contributed by atoms with Crippen molar-refractivity contribution < 1.29 is 4.79 Å². The average molecular weight is 324 g/mol. The Morgan fingerprint density at radius 3 is 2.73 bits per heavy atom. The summed E-state index contributed by atoms with van der Waals surface area (Å²) in [6.45, 7) is 10.4. The summed E-state index contributed by atoms with van der Waals surface area (Å²) in [4.78, 5) is 14.3. The molecule has 1 aliphatic heterocycles. The lowest BCUT2D eigenvalue weighted by atomic mass is 10.1. The number of aryl methyl sites for hydroxylation is 1. The maximum absolute atomic E-state index is 12.4. The number of amides is 2. The molecule has 0 unspecified atom stereocenters. The highest BCUT2D eigenvalue weighted by molar-refractivity contribution is 7.99. The molecule has 0 aliphatic carbocycles. The number of hydrogen-bond acceptors (Lipinski definition) is 3. The summed E-state index contributed by atoms with van der Waals surface area (Å²) in [5.74, 6) is 2.19. The fraction of sp³-hybridized carbons (Fsp3) is 0.750. The first-order valence-corrected chi connectivity index (χ1v) is 9.03. The number of aromatic nitrogens is 2. The minimum atomic E-state index is -0.0510. The molecular weight excluding hydrogens is 296 g/mol. The smallest absolute Gasteiger partial charge is 0.317 e. The van der Waals surface area contributed by atoms with Gasteiger partial charge in [-0.05, 0) is 46.8 Å². The largest absolute Gasteiger partial charge is 0.331 e. The summed E-state index contributed by atoms with van der Waals surface area (Å²) in [6.07, 6.45) is 3.13. The molecule has 22 heavy (non-hydrogen) atoms. The van der Waals surface area contributed by atoms with Crippen LogP contribution in [0.4, 0.5) is 4.79 Å². The summed E-state index contributed by atoms with van der Waals surface area (Å²) < 4.78 is 1.97. The van der Waals surface area contributed by atoms with Gasteiger partial charge in [-0.3, -0.25) is 4.68 Å². The molecular formula is C16H28N4OS. The molecule has 2 heterocycles. The molecule has 0 aromatic carbocycles. The number of nitrogens with zero attached hydrogens (tertiary/aromatic N) is 3. The fourth-order valence-corrected chi connectivity index (χ4v) is 3.87. The second-order valence-electron chi connectivity index (χ2n) is 7.08. The Bertz CT molecular complexity index is 529. The van der Waals surface area contributed by atoms with E-state index in [1.807, 2.05) is 48.4 Å². The van der Waals surface area contributed by atoms with Crippen LogP contribution in [0.25, 0.3) is 0 Å². The van der Waals surface area contributed by atoms with Gasteiger partial charge in [0.1, 0.15) is 0 Å². The van der Waals surface area contributed by atoms with E-state index in [4.69, 9.17) is 0 Å². The first-order valence-electron chi connectivity index (χ1n) is 7.88. The van der Waals surface area contributed by atoms with Crippen LogP contribution in [-0.2, 0) is 5.54 Å². The van der Waals surface area contributed by atoms with Crippen LogP contribution in [0.5, 0.6) is 0 Å². The van der Waals surface area contributed by atoms with Gasteiger partial charge in [0.05, 0.1) is 17.3 Å². The summed E-state index contributed by atoms with van der Waals surface area (Å²) in [7, 11) is 1.89. The summed E-state index contributed by atoms with van der Waals surface area (Å²) in [5.41, 5.74) is 2.00. The molecule has 2 rings (SSSR count). The van der Waals surface area contributed by atoms with Crippen molar-refractivity contribution in [3.8, 4) is 0 Å². The number of thioether (sulfide) groups is 1. The SMILES string of the molecule is Cc1nn(C(C)(C)C)cc1[C@@H](C)NC(=O)N(C)[C@H]1CCSC1. The molecule has 1 aromatic heterocycles. The topological polar surface area (TPSA) is 50.2 Å². The molecule has 2 atom stereocenters. The van der Waals surface area contributed by atoms with Gasteiger partial charge in [0.2, 0.25) is 0 Å². The standard InChI is InChI=1S/C16H28N4OS/c1-11(14-9-20(16(3,4)5)18-12(14)2)17-15(21)19(6)13-7-8-22-10-13/h9,11,13H,7-8,10H2,1-6H3,(H,17,21)/t11-,13+/m1/s1. The summed E-state index contributed by atoms with van der Waals surface area (Å²) >= 11 is 1.92. The van der Waals surface area contributed by atoms with Crippen LogP contribution in [0.2, 0.25) is 0 Å². The van der Waals surface area contributed by atoms with Crippen LogP contribution < -0.4 is 5.32 Å². The number of urea groups is 1. The number of nitrogens with one attached hydrogen (secondary N) is 1. The van der Waals surface area contributed by atoms with Crippen molar-refractivity contribution in [1.82, 2.24) is 20.0 Å². The zero-order valence-electron chi connectivity index (χ0n) is 14.5. The zero-order chi connectivity index (χ0) is 16.5. The van der Waals surface area contributed by atoms with Gasteiger partial charge in [-0.2, -0.15) is 16.9 Å². The van der Waals surface area contributed by atoms with Gasteiger partial charge in [0.25, 0.3) is 0 Å². The zero-order valence-corrected chi connectivity index (χ0v) is 15.3. The molecule has 2 amide bonds. The monoisotopic (exact) mass is 324 g/mol. The Morgan fingerprint density at radius 2 is 2.23 bits per heavy atom. The maximum Gasteiger partial charge on any atom is 0.317 e. The fourth-order valence-electron chi connectivity index (χ4n) is 2.60. The van der Waals surface area contributed by atoms with E-state index in [9.17, 15) is 4.79 Å². The third-order valence-electron chi connectivity index (χ3n) is 4.20. The van der Waals surface area contributed by atoms with E-state index in [2.05, 4.69) is 31.2 Å². The van der Waals surface area contributed by atoms with Crippen LogP contribution >= 0.6 is 11.8 Å². The molecule has 1 fully saturated rings. The Hall–Kier alpha value is -1.17. The van der Waals surface area contributed by atoms with Gasteiger partial charge < -0.3 is 10.2 Å². The van der Waals surface area contributed by atoms with Crippen molar-refractivity contribution >= 4 is 17.8 Å². The van der Waals surface area contributed by atoms with Crippen LogP contribution in [0.3, 0.4) is 0 Å². The first kappa shape index (κ1) is 17.2. The van der Waals surface area contributed by atoms with Crippen LogP contribution in [0.15, 0.2) is 6.20 Å². The van der Waals surface area contributed by atoms with E-state index in [1.54, 1.807) is 0 Å². The van der Waals surface area contributed by atoms with Crippen molar-refractivity contribution in [2.75, 3.05) is 18.6 Å². The van der Waals surface area contributed by atoms with E-state index < -0.39 is 0 Å². The van der Waals surface area contributed by atoms with E-state index in [1.165, 1.54) is 0 Å². The Labute approximate surface area is 137 Å². The van der Waals surface area contributed by atoms with Gasteiger partial charge in [-0.25, -0.2) is 4.79 Å². The van der Waals surface area contributed by atoms with Crippen molar-refractivity contribution in [3.05, 3.63) is 17.5 Å². The van der Waals surface area contributed by atoms with Crippen molar-refractivity contribution in [3.63, 3.8) is 0 Å². The number of rotatable bonds is 3. The normalized spacial score (nSPS) is 20.0. The van der Waals surface area contributed by atoms with Gasteiger partial charge >= 0.3 is 6.03 Å². The van der Waals surface area contributed by atoms with Gasteiger partial charge in [-0.1, -0.05) is 0 Å². The van der Waals surface area contributed by atoms with E-state index >= 15 is 0 Å². The third-order valence-corrected chi connectivity index (χ3v) is 5.35. The van der Waals surface area contributed by atoms with Crippen molar-refractivity contribution in [2.24, 2.45) is 0 Å². The van der Waals surface area contributed by atoms with E-state index in [-0.39, 0.29) is 17.6 Å². The molecule has 5 nitrogen and oxygen atoms in total. The molecule has 0 spiro atoms. The lowest BCUT2D eigenvalue weighted by Gasteiger charge is -2.26. The molecule has 1 aliphatic rings. The number of carbonyl (C=O) groups is 1.